The van der Waals surface area contributed by atoms with Crippen LogP contribution in [0.4, 0.5) is 4.39 Å². The minimum absolute atomic E-state index is 0.0333. The highest BCUT2D eigenvalue weighted by atomic mass is 32.2. The standard InChI is InChI=1S/C19H20FNO3S/c1-12(13-5-9-16(10-6-13)25(2,23)24)21-19(22)18-11-17(18)14-3-7-15(20)8-4-14/h3-10,12,17-18H,11H2,1-2H3,(H,21,22). The summed E-state index contributed by atoms with van der Waals surface area (Å²) in [5.41, 5.74) is 1.83. The van der Waals surface area contributed by atoms with Crippen LogP contribution in [0.5, 0.6) is 0 Å². The molecule has 3 rings (SSSR count). The van der Waals surface area contributed by atoms with E-state index in [2.05, 4.69) is 5.32 Å². The van der Waals surface area contributed by atoms with Crippen molar-refractivity contribution in [2.75, 3.05) is 6.26 Å². The van der Waals surface area contributed by atoms with Crippen LogP contribution in [0, 0.1) is 11.7 Å². The largest absolute Gasteiger partial charge is 0.349 e. The maximum Gasteiger partial charge on any atom is 0.224 e. The fourth-order valence-electron chi connectivity index (χ4n) is 2.97. The summed E-state index contributed by atoms with van der Waals surface area (Å²) in [6, 6.07) is 12.6. The predicted molar refractivity (Wildman–Crippen MR) is 93.4 cm³/mol. The Morgan fingerprint density at radius 2 is 1.72 bits per heavy atom. The van der Waals surface area contributed by atoms with E-state index < -0.39 is 9.84 Å². The van der Waals surface area contributed by atoms with E-state index in [1.54, 1.807) is 36.4 Å². The van der Waals surface area contributed by atoms with Crippen LogP contribution in [-0.4, -0.2) is 20.6 Å². The van der Waals surface area contributed by atoms with Gasteiger partial charge in [0.15, 0.2) is 9.84 Å². The second-order valence-electron chi connectivity index (χ2n) is 6.57. The Labute approximate surface area is 147 Å². The van der Waals surface area contributed by atoms with Crippen LogP contribution >= 0.6 is 0 Å². The van der Waals surface area contributed by atoms with Crippen LogP contribution < -0.4 is 5.32 Å². The Hall–Kier alpha value is -2.21. The first-order chi connectivity index (χ1) is 11.8. The van der Waals surface area contributed by atoms with Crippen molar-refractivity contribution < 1.29 is 17.6 Å². The Kier molecular flexibility index (Phi) is 4.64. The van der Waals surface area contributed by atoms with Crippen LogP contribution in [0.2, 0.25) is 0 Å². The molecule has 1 N–H and O–H groups in total. The zero-order chi connectivity index (χ0) is 18.2. The molecule has 3 unspecified atom stereocenters. The molecule has 3 atom stereocenters. The van der Waals surface area contributed by atoms with Crippen LogP contribution in [-0.2, 0) is 14.6 Å². The van der Waals surface area contributed by atoms with E-state index >= 15 is 0 Å². The molecule has 6 heteroatoms. The van der Waals surface area contributed by atoms with Gasteiger partial charge in [-0.25, -0.2) is 12.8 Å². The molecule has 0 bridgehead atoms. The summed E-state index contributed by atoms with van der Waals surface area (Å²) in [6.07, 6.45) is 1.92. The Bertz CT molecular complexity index is 876. The van der Waals surface area contributed by atoms with E-state index in [1.165, 1.54) is 12.1 Å². The summed E-state index contributed by atoms with van der Waals surface area (Å²) in [7, 11) is -3.23. The van der Waals surface area contributed by atoms with Gasteiger partial charge in [-0.15, -0.1) is 0 Å². The van der Waals surface area contributed by atoms with Gasteiger partial charge in [0.05, 0.1) is 10.9 Å². The van der Waals surface area contributed by atoms with Crippen molar-refractivity contribution in [3.05, 3.63) is 65.5 Å². The number of sulfone groups is 1. The average Bonchev–Trinajstić information content (AvgIpc) is 3.35. The van der Waals surface area contributed by atoms with Crippen molar-refractivity contribution >= 4 is 15.7 Å². The van der Waals surface area contributed by atoms with Crippen LogP contribution in [0.1, 0.15) is 36.4 Å². The van der Waals surface area contributed by atoms with Crippen LogP contribution in [0.3, 0.4) is 0 Å². The second kappa shape index (κ2) is 6.59. The summed E-state index contributed by atoms with van der Waals surface area (Å²) in [6.45, 7) is 1.86. The average molecular weight is 361 g/mol. The highest BCUT2D eigenvalue weighted by Gasteiger charge is 2.44. The quantitative estimate of drug-likeness (QED) is 0.889. The van der Waals surface area contributed by atoms with Gasteiger partial charge in [-0.05, 0) is 54.7 Å². The SMILES string of the molecule is CC(NC(=O)C1CC1c1ccc(F)cc1)c1ccc(S(C)(=O)=O)cc1. The van der Waals surface area contributed by atoms with E-state index in [9.17, 15) is 17.6 Å². The van der Waals surface area contributed by atoms with E-state index in [4.69, 9.17) is 0 Å². The van der Waals surface area contributed by atoms with E-state index in [1.807, 2.05) is 6.92 Å². The molecule has 0 heterocycles. The summed E-state index contributed by atoms with van der Waals surface area (Å²) in [4.78, 5) is 12.6. The van der Waals surface area contributed by atoms with E-state index in [-0.39, 0.29) is 34.5 Å². The lowest BCUT2D eigenvalue weighted by Gasteiger charge is -2.15. The zero-order valence-electron chi connectivity index (χ0n) is 14.1. The molecule has 0 spiro atoms. The number of hydrogen-bond acceptors (Lipinski definition) is 3. The van der Waals surface area contributed by atoms with Crippen molar-refractivity contribution in [1.29, 1.82) is 0 Å². The van der Waals surface area contributed by atoms with Gasteiger partial charge in [0.1, 0.15) is 5.82 Å². The van der Waals surface area contributed by atoms with Gasteiger partial charge in [-0.2, -0.15) is 0 Å². The van der Waals surface area contributed by atoms with Crippen LogP contribution in [0.25, 0.3) is 0 Å². The van der Waals surface area contributed by atoms with E-state index in [0.29, 0.717) is 0 Å². The lowest BCUT2D eigenvalue weighted by Crippen LogP contribution is -2.28. The van der Waals surface area contributed by atoms with Gasteiger partial charge in [0.2, 0.25) is 5.91 Å². The van der Waals surface area contributed by atoms with Gasteiger partial charge in [0.25, 0.3) is 0 Å². The number of carbonyl (C=O) groups is 1. The van der Waals surface area contributed by atoms with Gasteiger partial charge < -0.3 is 5.32 Å². The highest BCUT2D eigenvalue weighted by molar-refractivity contribution is 7.90. The molecule has 1 saturated carbocycles. The molecule has 1 fully saturated rings. The lowest BCUT2D eigenvalue weighted by molar-refractivity contribution is -0.123. The molecule has 0 saturated heterocycles. The summed E-state index contributed by atoms with van der Waals surface area (Å²) >= 11 is 0. The van der Waals surface area contributed by atoms with Crippen molar-refractivity contribution in [2.45, 2.75) is 30.2 Å². The first-order valence-corrected chi connectivity index (χ1v) is 10.0. The number of amides is 1. The monoisotopic (exact) mass is 361 g/mol. The number of carbonyl (C=O) groups excluding carboxylic acids is 1. The first-order valence-electron chi connectivity index (χ1n) is 8.11. The van der Waals surface area contributed by atoms with E-state index in [0.717, 1.165) is 23.8 Å². The zero-order valence-corrected chi connectivity index (χ0v) is 14.9. The molecule has 4 nitrogen and oxygen atoms in total. The fourth-order valence-corrected chi connectivity index (χ4v) is 3.60. The Balaban J connectivity index is 1.61. The number of hydrogen-bond donors (Lipinski definition) is 1. The number of nitrogens with one attached hydrogen (secondary N) is 1. The first kappa shape index (κ1) is 17.6. The molecule has 0 aromatic heterocycles. The third kappa shape index (κ3) is 4.07. The molecular formula is C19H20FNO3S. The molecule has 132 valence electrons. The molecule has 1 aliphatic carbocycles. The highest BCUT2D eigenvalue weighted by Crippen LogP contribution is 2.47. The van der Waals surface area contributed by atoms with Gasteiger partial charge in [0, 0.05) is 12.2 Å². The third-order valence-electron chi connectivity index (χ3n) is 4.59. The minimum atomic E-state index is -3.23. The molecule has 2 aromatic carbocycles. The summed E-state index contributed by atoms with van der Waals surface area (Å²) in [5.74, 6) is -0.269. The molecule has 1 aliphatic rings. The van der Waals surface area contributed by atoms with Gasteiger partial charge in [-0.3, -0.25) is 4.79 Å². The minimum Gasteiger partial charge on any atom is -0.349 e. The van der Waals surface area contributed by atoms with Crippen molar-refractivity contribution in [2.24, 2.45) is 5.92 Å². The molecule has 1 amide bonds. The number of benzene rings is 2. The van der Waals surface area contributed by atoms with Gasteiger partial charge in [-0.1, -0.05) is 24.3 Å². The number of halogens is 1. The lowest BCUT2D eigenvalue weighted by atomic mass is 10.1. The predicted octanol–water partition coefficient (Wildman–Crippen LogP) is 3.21. The Morgan fingerprint density at radius 1 is 1.12 bits per heavy atom. The maximum absolute atomic E-state index is 13.0. The van der Waals surface area contributed by atoms with Crippen molar-refractivity contribution in [1.82, 2.24) is 5.32 Å². The smallest absolute Gasteiger partial charge is 0.224 e. The third-order valence-corrected chi connectivity index (χ3v) is 5.72. The molecule has 25 heavy (non-hydrogen) atoms. The Morgan fingerprint density at radius 3 is 2.28 bits per heavy atom. The van der Waals surface area contributed by atoms with Crippen LogP contribution in [0.15, 0.2) is 53.4 Å². The van der Waals surface area contributed by atoms with Gasteiger partial charge >= 0.3 is 0 Å². The summed E-state index contributed by atoms with van der Waals surface area (Å²) < 4.78 is 35.9. The molecule has 0 radical (unpaired) electrons. The fraction of sp³-hybridized carbons (Fsp3) is 0.316. The topological polar surface area (TPSA) is 63.2 Å². The molecular weight excluding hydrogens is 341 g/mol. The summed E-state index contributed by atoms with van der Waals surface area (Å²) in [5, 5.41) is 2.96. The molecule has 0 aliphatic heterocycles. The molecule has 2 aromatic rings. The maximum atomic E-state index is 13.0. The van der Waals surface area contributed by atoms with Crippen molar-refractivity contribution in [3.8, 4) is 0 Å². The number of rotatable bonds is 5. The second-order valence-corrected chi connectivity index (χ2v) is 8.59. The van der Waals surface area contributed by atoms with Crippen molar-refractivity contribution in [3.63, 3.8) is 0 Å². The normalized spacial score (nSPS) is 20.8.